The SMILES string of the molecule is [2H]c1nc2c(C(=O)c3cccs3)c([2H])nn2c(-c2cccc(N(C)C(C)=O)c2)c1[2H]. The Kier molecular flexibility index (Phi) is 3.47. The fourth-order valence-electron chi connectivity index (χ4n) is 2.67. The number of carbonyl (C=O) groups is 2. The second kappa shape index (κ2) is 6.77. The number of rotatable bonds is 4. The van der Waals surface area contributed by atoms with Crippen LogP contribution in [0.5, 0.6) is 0 Å². The van der Waals surface area contributed by atoms with Gasteiger partial charge in [0.2, 0.25) is 11.7 Å². The molecule has 0 aliphatic heterocycles. The smallest absolute Gasteiger partial charge is 0.223 e. The second-order valence-corrected chi connectivity index (χ2v) is 6.80. The minimum absolute atomic E-state index is 0.00999. The molecule has 0 saturated heterocycles. The first-order chi connectivity index (χ1) is 14.3. The van der Waals surface area contributed by atoms with Gasteiger partial charge in [0.1, 0.15) is 0 Å². The van der Waals surface area contributed by atoms with Gasteiger partial charge in [0.15, 0.2) is 5.65 Å². The Morgan fingerprint density at radius 1 is 1.26 bits per heavy atom. The van der Waals surface area contributed by atoms with Crippen molar-refractivity contribution in [1.82, 2.24) is 14.6 Å². The molecule has 0 saturated carbocycles. The Morgan fingerprint density at radius 2 is 2.11 bits per heavy atom. The first-order valence-electron chi connectivity index (χ1n) is 9.59. The highest BCUT2D eigenvalue weighted by Crippen LogP contribution is 2.26. The van der Waals surface area contributed by atoms with Crippen molar-refractivity contribution in [2.24, 2.45) is 0 Å². The molecule has 0 bridgehead atoms. The third-order valence-electron chi connectivity index (χ3n) is 4.19. The highest BCUT2D eigenvalue weighted by Gasteiger charge is 2.18. The standard InChI is InChI=1S/C20H16N4O2S/c1-13(25)23(2)15-6-3-5-14(11-15)17-8-9-21-20-16(12-22-24(17)20)19(26)18-7-4-10-27-18/h3-12H,1-2H3/i8D,9D,12D. The summed E-state index contributed by atoms with van der Waals surface area (Å²) in [6, 6.07) is 10.1. The first kappa shape index (κ1) is 13.8. The quantitative estimate of drug-likeness (QED) is 0.508. The van der Waals surface area contributed by atoms with Gasteiger partial charge in [-0.1, -0.05) is 18.2 Å². The predicted molar refractivity (Wildman–Crippen MR) is 105 cm³/mol. The van der Waals surface area contributed by atoms with E-state index >= 15 is 0 Å². The number of aromatic nitrogens is 3. The summed E-state index contributed by atoms with van der Waals surface area (Å²) in [4.78, 5) is 30.6. The Morgan fingerprint density at radius 3 is 2.85 bits per heavy atom. The van der Waals surface area contributed by atoms with Crippen molar-refractivity contribution in [3.05, 3.63) is 70.6 Å². The number of carbonyl (C=O) groups excluding carboxylic acids is 2. The van der Waals surface area contributed by atoms with Gasteiger partial charge < -0.3 is 4.90 Å². The number of anilines is 1. The second-order valence-electron chi connectivity index (χ2n) is 5.85. The van der Waals surface area contributed by atoms with Gasteiger partial charge in [0, 0.05) is 31.4 Å². The summed E-state index contributed by atoms with van der Waals surface area (Å²) in [5.41, 5.74) is 1.39. The van der Waals surface area contributed by atoms with Gasteiger partial charge in [-0.05, 0) is 29.6 Å². The molecule has 4 aromatic rings. The van der Waals surface area contributed by atoms with Crippen LogP contribution in [0.15, 0.2) is 60.2 Å². The fourth-order valence-corrected chi connectivity index (χ4v) is 3.34. The van der Waals surface area contributed by atoms with Gasteiger partial charge in [-0.15, -0.1) is 11.3 Å². The maximum absolute atomic E-state index is 12.9. The van der Waals surface area contributed by atoms with Crippen LogP contribution in [0.1, 0.15) is 26.3 Å². The van der Waals surface area contributed by atoms with Crippen LogP contribution in [-0.4, -0.2) is 33.3 Å². The topological polar surface area (TPSA) is 67.6 Å². The molecule has 0 N–H and O–H groups in total. The maximum Gasteiger partial charge on any atom is 0.223 e. The molecule has 0 aliphatic carbocycles. The summed E-state index contributed by atoms with van der Waals surface area (Å²) >= 11 is 1.24. The zero-order valence-electron chi connectivity index (χ0n) is 17.6. The summed E-state index contributed by atoms with van der Waals surface area (Å²) in [5.74, 6) is -0.554. The average Bonchev–Trinajstić information content (AvgIpc) is 3.36. The minimum atomic E-state index is -0.398. The number of fused-ring (bicyclic) bond motifs is 1. The number of ketones is 1. The molecule has 7 heteroatoms. The van der Waals surface area contributed by atoms with E-state index in [0.29, 0.717) is 16.1 Å². The molecule has 6 nitrogen and oxygen atoms in total. The first-order valence-corrected chi connectivity index (χ1v) is 8.97. The molecule has 0 unspecified atom stereocenters. The molecule has 134 valence electrons. The number of hydrogen-bond acceptors (Lipinski definition) is 5. The molecule has 0 fully saturated rings. The van der Waals surface area contributed by atoms with Crippen LogP contribution in [0.3, 0.4) is 0 Å². The molecular weight excluding hydrogens is 360 g/mol. The Bertz CT molecular complexity index is 1300. The maximum atomic E-state index is 12.9. The molecule has 3 aromatic heterocycles. The Hall–Kier alpha value is -3.32. The van der Waals surface area contributed by atoms with E-state index in [1.165, 1.54) is 27.7 Å². The van der Waals surface area contributed by atoms with E-state index in [9.17, 15) is 9.59 Å². The Labute approximate surface area is 163 Å². The molecule has 4 rings (SSSR count). The average molecular weight is 379 g/mol. The number of amides is 1. The number of hydrogen-bond donors (Lipinski definition) is 0. The lowest BCUT2D eigenvalue weighted by atomic mass is 10.1. The highest BCUT2D eigenvalue weighted by molar-refractivity contribution is 7.12. The summed E-state index contributed by atoms with van der Waals surface area (Å²) < 4.78 is 26.0. The minimum Gasteiger partial charge on any atom is -0.316 e. The third kappa shape index (κ3) is 3.02. The van der Waals surface area contributed by atoms with Gasteiger partial charge in [0.25, 0.3) is 0 Å². The molecule has 0 aliphatic rings. The van der Waals surface area contributed by atoms with Crippen LogP contribution in [0.25, 0.3) is 16.9 Å². The molecule has 1 amide bonds. The van der Waals surface area contributed by atoms with Crippen molar-refractivity contribution in [1.29, 1.82) is 0 Å². The molecule has 0 atom stereocenters. The van der Waals surface area contributed by atoms with Crippen LogP contribution in [0.4, 0.5) is 5.69 Å². The van der Waals surface area contributed by atoms with Crippen LogP contribution < -0.4 is 4.90 Å². The van der Waals surface area contributed by atoms with Crippen LogP contribution in [0, 0.1) is 0 Å². The summed E-state index contributed by atoms with van der Waals surface area (Å²) in [6.45, 7) is 1.44. The zero-order valence-corrected chi connectivity index (χ0v) is 15.4. The van der Waals surface area contributed by atoms with E-state index in [0.717, 1.165) is 0 Å². The lowest BCUT2D eigenvalue weighted by Gasteiger charge is -2.16. The van der Waals surface area contributed by atoms with E-state index in [2.05, 4.69) is 10.1 Å². The van der Waals surface area contributed by atoms with E-state index in [1.54, 1.807) is 48.8 Å². The van der Waals surface area contributed by atoms with Crippen molar-refractivity contribution >= 4 is 34.4 Å². The number of benzene rings is 1. The molecule has 1 aromatic carbocycles. The van der Waals surface area contributed by atoms with Crippen molar-refractivity contribution in [3.8, 4) is 11.3 Å². The predicted octanol–water partition coefficient (Wildman–Crippen LogP) is 3.67. The van der Waals surface area contributed by atoms with Gasteiger partial charge in [-0.25, -0.2) is 9.50 Å². The van der Waals surface area contributed by atoms with E-state index < -0.39 is 5.78 Å². The highest BCUT2D eigenvalue weighted by atomic mass is 32.1. The lowest BCUT2D eigenvalue weighted by molar-refractivity contribution is -0.116. The van der Waals surface area contributed by atoms with Gasteiger partial charge in [0.05, 0.1) is 26.4 Å². The monoisotopic (exact) mass is 379 g/mol. The summed E-state index contributed by atoms with van der Waals surface area (Å²) in [6.07, 6.45) is -0.605. The largest absolute Gasteiger partial charge is 0.316 e. The molecule has 27 heavy (non-hydrogen) atoms. The van der Waals surface area contributed by atoms with Crippen LogP contribution in [-0.2, 0) is 4.79 Å². The van der Waals surface area contributed by atoms with E-state index in [-0.39, 0.29) is 41.2 Å². The van der Waals surface area contributed by atoms with Crippen molar-refractivity contribution < 1.29 is 13.7 Å². The molecule has 3 heterocycles. The van der Waals surface area contributed by atoms with Crippen molar-refractivity contribution in [2.45, 2.75) is 6.92 Å². The zero-order chi connectivity index (χ0) is 21.6. The van der Waals surface area contributed by atoms with Gasteiger partial charge >= 0.3 is 0 Å². The summed E-state index contributed by atoms with van der Waals surface area (Å²) in [5, 5.41) is 5.91. The number of thiophene rings is 1. The molecule has 0 spiro atoms. The fraction of sp³-hybridized carbons (Fsp3) is 0.100. The van der Waals surface area contributed by atoms with Crippen molar-refractivity contribution in [3.63, 3.8) is 0 Å². The Balaban J connectivity index is 1.97. The molecular formula is C20H16N4O2S. The van der Waals surface area contributed by atoms with Crippen LogP contribution >= 0.6 is 11.3 Å². The normalized spacial score (nSPS) is 12.4. The van der Waals surface area contributed by atoms with E-state index in [1.807, 2.05) is 0 Å². The van der Waals surface area contributed by atoms with Gasteiger partial charge in [-0.2, -0.15) is 5.10 Å². The number of nitrogens with zero attached hydrogens (tertiary/aromatic N) is 4. The summed E-state index contributed by atoms with van der Waals surface area (Å²) in [7, 11) is 1.63. The lowest BCUT2D eigenvalue weighted by Crippen LogP contribution is -2.22. The third-order valence-corrected chi connectivity index (χ3v) is 5.05. The van der Waals surface area contributed by atoms with E-state index in [4.69, 9.17) is 4.11 Å². The van der Waals surface area contributed by atoms with Gasteiger partial charge in [-0.3, -0.25) is 9.59 Å². The van der Waals surface area contributed by atoms with Crippen LogP contribution in [0.2, 0.25) is 0 Å². The molecule has 0 radical (unpaired) electrons. The van der Waals surface area contributed by atoms with Crippen molar-refractivity contribution in [2.75, 3.05) is 11.9 Å².